The molecular weight excluding hydrogens is 226 g/mol. The Kier molecular flexibility index (Phi) is 4.54. The Bertz CT molecular complexity index is 305. The smallest absolute Gasteiger partial charge is 0.387 e. The van der Waals surface area contributed by atoms with E-state index in [4.69, 9.17) is 0 Å². The standard InChI is InChI=1S/C9H10F2OS2/c1-13-6-3-4-7(12-9(10)11)8(5-6)14-2/h3-5,9H,1-2H3. The van der Waals surface area contributed by atoms with Gasteiger partial charge in [-0.3, -0.25) is 0 Å². The molecule has 0 aliphatic carbocycles. The summed E-state index contributed by atoms with van der Waals surface area (Å²) in [5.74, 6) is 0.241. The molecule has 0 aliphatic heterocycles. The topological polar surface area (TPSA) is 9.23 Å². The van der Waals surface area contributed by atoms with E-state index in [0.29, 0.717) is 0 Å². The average molecular weight is 236 g/mol. The maximum absolute atomic E-state index is 12.0. The Hall–Kier alpha value is -0.420. The van der Waals surface area contributed by atoms with E-state index >= 15 is 0 Å². The van der Waals surface area contributed by atoms with E-state index < -0.39 is 6.61 Å². The molecule has 0 spiro atoms. The van der Waals surface area contributed by atoms with E-state index in [1.165, 1.54) is 11.8 Å². The Morgan fingerprint density at radius 2 is 1.93 bits per heavy atom. The molecule has 0 heterocycles. The van der Waals surface area contributed by atoms with Gasteiger partial charge in [0.2, 0.25) is 0 Å². The molecule has 0 aliphatic rings. The molecule has 78 valence electrons. The second kappa shape index (κ2) is 5.46. The van der Waals surface area contributed by atoms with Crippen LogP contribution in [0.1, 0.15) is 0 Å². The number of ether oxygens (including phenoxy) is 1. The third kappa shape index (κ3) is 3.06. The van der Waals surface area contributed by atoms with Crippen molar-refractivity contribution >= 4 is 23.5 Å². The SMILES string of the molecule is CSc1ccc(OC(F)F)c(SC)c1. The molecule has 1 nitrogen and oxygen atoms in total. The highest BCUT2D eigenvalue weighted by atomic mass is 32.2. The Labute approximate surface area is 90.2 Å². The first-order chi connectivity index (χ1) is 6.67. The summed E-state index contributed by atoms with van der Waals surface area (Å²) in [6, 6.07) is 5.18. The monoisotopic (exact) mass is 236 g/mol. The van der Waals surface area contributed by atoms with Gasteiger partial charge in [-0.2, -0.15) is 8.78 Å². The first-order valence-electron chi connectivity index (χ1n) is 3.84. The molecule has 0 unspecified atom stereocenters. The lowest BCUT2D eigenvalue weighted by Gasteiger charge is -2.09. The van der Waals surface area contributed by atoms with Gasteiger partial charge in [0.25, 0.3) is 0 Å². The van der Waals surface area contributed by atoms with Crippen LogP contribution in [-0.4, -0.2) is 19.1 Å². The molecule has 0 N–H and O–H groups in total. The van der Waals surface area contributed by atoms with Gasteiger partial charge < -0.3 is 4.74 Å². The summed E-state index contributed by atoms with van der Waals surface area (Å²) in [6.45, 7) is -2.76. The summed E-state index contributed by atoms with van der Waals surface area (Å²) >= 11 is 2.96. The zero-order valence-electron chi connectivity index (χ0n) is 7.79. The lowest BCUT2D eigenvalue weighted by Crippen LogP contribution is -2.02. The second-order valence-corrected chi connectivity index (χ2v) is 4.12. The minimum atomic E-state index is -2.76. The molecule has 0 saturated carbocycles. The molecule has 1 aromatic rings. The lowest BCUT2D eigenvalue weighted by molar-refractivity contribution is -0.0516. The predicted octanol–water partition coefficient (Wildman–Crippen LogP) is 3.73. The first-order valence-corrected chi connectivity index (χ1v) is 6.29. The molecule has 0 aromatic heterocycles. The molecule has 0 saturated heterocycles. The highest BCUT2D eigenvalue weighted by molar-refractivity contribution is 7.99. The van der Waals surface area contributed by atoms with E-state index in [0.717, 1.165) is 9.79 Å². The van der Waals surface area contributed by atoms with Gasteiger partial charge in [-0.05, 0) is 30.7 Å². The first kappa shape index (κ1) is 11.7. The van der Waals surface area contributed by atoms with Crippen molar-refractivity contribution in [3.05, 3.63) is 18.2 Å². The van der Waals surface area contributed by atoms with Gasteiger partial charge in [0.15, 0.2) is 0 Å². The number of benzene rings is 1. The molecule has 0 bridgehead atoms. The summed E-state index contributed by atoms with van der Waals surface area (Å²) in [5, 5.41) is 0. The zero-order valence-corrected chi connectivity index (χ0v) is 9.42. The maximum Gasteiger partial charge on any atom is 0.387 e. The van der Waals surface area contributed by atoms with Crippen molar-refractivity contribution < 1.29 is 13.5 Å². The van der Waals surface area contributed by atoms with Gasteiger partial charge in [-0.15, -0.1) is 23.5 Å². The number of hydrogen-bond acceptors (Lipinski definition) is 3. The normalized spacial score (nSPS) is 10.6. The molecular formula is C9H10F2OS2. The number of alkyl halides is 2. The summed E-state index contributed by atoms with van der Waals surface area (Å²) in [6.07, 6.45) is 3.77. The van der Waals surface area contributed by atoms with Crippen LogP contribution in [0, 0.1) is 0 Å². The van der Waals surface area contributed by atoms with Crippen LogP contribution in [0.3, 0.4) is 0 Å². The molecule has 1 rings (SSSR count). The minimum absolute atomic E-state index is 0.241. The van der Waals surface area contributed by atoms with Gasteiger partial charge in [0.05, 0.1) is 4.90 Å². The van der Waals surface area contributed by atoms with E-state index in [-0.39, 0.29) is 5.75 Å². The Balaban J connectivity index is 2.93. The minimum Gasteiger partial charge on any atom is -0.434 e. The molecule has 5 heteroatoms. The van der Waals surface area contributed by atoms with Crippen molar-refractivity contribution in [2.75, 3.05) is 12.5 Å². The van der Waals surface area contributed by atoms with Crippen LogP contribution in [0.5, 0.6) is 5.75 Å². The van der Waals surface area contributed by atoms with Gasteiger partial charge in [0, 0.05) is 4.90 Å². The van der Waals surface area contributed by atoms with Crippen molar-refractivity contribution in [3.8, 4) is 5.75 Å². The number of halogens is 2. The third-order valence-corrected chi connectivity index (χ3v) is 3.07. The average Bonchev–Trinajstić information content (AvgIpc) is 2.17. The van der Waals surface area contributed by atoms with Gasteiger partial charge >= 0.3 is 6.61 Å². The number of thioether (sulfide) groups is 2. The van der Waals surface area contributed by atoms with Crippen molar-refractivity contribution in [2.45, 2.75) is 16.4 Å². The van der Waals surface area contributed by atoms with Crippen LogP contribution in [0.15, 0.2) is 28.0 Å². The van der Waals surface area contributed by atoms with Crippen LogP contribution in [0.4, 0.5) is 8.78 Å². The molecule has 1 aromatic carbocycles. The highest BCUT2D eigenvalue weighted by Gasteiger charge is 2.09. The lowest BCUT2D eigenvalue weighted by atomic mass is 10.3. The van der Waals surface area contributed by atoms with Gasteiger partial charge in [-0.1, -0.05) is 0 Å². The fraction of sp³-hybridized carbons (Fsp3) is 0.333. The van der Waals surface area contributed by atoms with Crippen LogP contribution < -0.4 is 4.74 Å². The van der Waals surface area contributed by atoms with Crippen molar-refractivity contribution in [1.82, 2.24) is 0 Å². The quantitative estimate of drug-likeness (QED) is 0.737. The molecule has 0 radical (unpaired) electrons. The molecule has 0 amide bonds. The van der Waals surface area contributed by atoms with Crippen molar-refractivity contribution in [2.24, 2.45) is 0 Å². The van der Waals surface area contributed by atoms with Crippen molar-refractivity contribution in [3.63, 3.8) is 0 Å². The van der Waals surface area contributed by atoms with E-state index in [2.05, 4.69) is 4.74 Å². The maximum atomic E-state index is 12.0. The third-order valence-electron chi connectivity index (χ3n) is 1.59. The van der Waals surface area contributed by atoms with Gasteiger partial charge in [0.1, 0.15) is 5.75 Å². The van der Waals surface area contributed by atoms with Crippen LogP contribution in [0.2, 0.25) is 0 Å². The zero-order chi connectivity index (χ0) is 10.6. The fourth-order valence-corrected chi connectivity index (χ4v) is 2.04. The molecule has 0 atom stereocenters. The molecule has 0 fully saturated rings. The van der Waals surface area contributed by atoms with Crippen LogP contribution in [-0.2, 0) is 0 Å². The van der Waals surface area contributed by atoms with Gasteiger partial charge in [-0.25, -0.2) is 0 Å². The number of rotatable bonds is 4. The van der Waals surface area contributed by atoms with Crippen molar-refractivity contribution in [1.29, 1.82) is 0 Å². The van der Waals surface area contributed by atoms with E-state index in [1.54, 1.807) is 23.9 Å². The molecule has 14 heavy (non-hydrogen) atoms. The summed E-state index contributed by atoms with van der Waals surface area (Å²) in [7, 11) is 0. The Morgan fingerprint density at radius 3 is 2.43 bits per heavy atom. The summed E-state index contributed by atoms with van der Waals surface area (Å²) in [4.78, 5) is 1.77. The van der Waals surface area contributed by atoms with Crippen LogP contribution in [0.25, 0.3) is 0 Å². The summed E-state index contributed by atoms with van der Waals surface area (Å²) < 4.78 is 28.3. The van der Waals surface area contributed by atoms with E-state index in [1.807, 2.05) is 18.6 Å². The summed E-state index contributed by atoms with van der Waals surface area (Å²) in [5.41, 5.74) is 0. The van der Waals surface area contributed by atoms with Crippen LogP contribution >= 0.6 is 23.5 Å². The Morgan fingerprint density at radius 1 is 1.21 bits per heavy atom. The second-order valence-electron chi connectivity index (χ2n) is 2.40. The predicted molar refractivity (Wildman–Crippen MR) is 56.6 cm³/mol. The largest absolute Gasteiger partial charge is 0.434 e. The van der Waals surface area contributed by atoms with E-state index in [9.17, 15) is 8.78 Å². The fourth-order valence-electron chi connectivity index (χ4n) is 0.968. The number of hydrogen-bond donors (Lipinski definition) is 0. The highest BCUT2D eigenvalue weighted by Crippen LogP contribution is 2.32.